The van der Waals surface area contributed by atoms with Gasteiger partial charge in [-0.1, -0.05) is 28.1 Å². The average molecular weight is 326 g/mol. The first-order valence-electron chi connectivity index (χ1n) is 5.37. The van der Waals surface area contributed by atoms with E-state index in [1.54, 1.807) is 12.1 Å². The Morgan fingerprint density at radius 1 is 1.21 bits per heavy atom. The van der Waals surface area contributed by atoms with Gasteiger partial charge in [0.2, 0.25) is 5.75 Å². The van der Waals surface area contributed by atoms with Crippen molar-refractivity contribution in [2.75, 3.05) is 0 Å². The van der Waals surface area contributed by atoms with Gasteiger partial charge in [-0.25, -0.2) is 4.39 Å². The molecule has 2 aromatic carbocycles. The van der Waals surface area contributed by atoms with Crippen LogP contribution >= 0.6 is 15.9 Å². The van der Waals surface area contributed by atoms with Crippen LogP contribution in [0.4, 0.5) is 10.1 Å². The summed E-state index contributed by atoms with van der Waals surface area (Å²) < 4.78 is 18.4. The van der Waals surface area contributed by atoms with Crippen LogP contribution < -0.4 is 4.74 Å². The van der Waals surface area contributed by atoms with Crippen LogP contribution in [0.3, 0.4) is 0 Å². The summed E-state index contributed by atoms with van der Waals surface area (Å²) in [6.07, 6.45) is 0. The maximum absolute atomic E-state index is 13.0. The topological polar surface area (TPSA) is 52.4 Å². The molecule has 0 aliphatic heterocycles. The zero-order valence-corrected chi connectivity index (χ0v) is 11.3. The lowest BCUT2D eigenvalue weighted by atomic mass is 10.2. The molecule has 0 aliphatic carbocycles. The van der Waals surface area contributed by atoms with Crippen LogP contribution in [0.1, 0.15) is 5.56 Å². The first kappa shape index (κ1) is 13.5. The largest absolute Gasteiger partial charge is 0.450 e. The van der Waals surface area contributed by atoms with E-state index in [4.69, 9.17) is 4.74 Å². The van der Waals surface area contributed by atoms with Crippen LogP contribution in [0, 0.1) is 15.9 Å². The fourth-order valence-corrected chi connectivity index (χ4v) is 1.87. The molecule has 0 saturated heterocycles. The van der Waals surface area contributed by atoms with Crippen molar-refractivity contribution in [2.24, 2.45) is 0 Å². The maximum atomic E-state index is 13.0. The van der Waals surface area contributed by atoms with E-state index in [2.05, 4.69) is 15.9 Å². The highest BCUT2D eigenvalue weighted by atomic mass is 79.9. The molecule has 0 unspecified atom stereocenters. The summed E-state index contributed by atoms with van der Waals surface area (Å²) >= 11 is 3.32. The summed E-state index contributed by atoms with van der Waals surface area (Å²) in [5.41, 5.74) is 0.658. The third-order valence-corrected chi connectivity index (χ3v) is 3.07. The predicted octanol–water partition coefficient (Wildman–Crippen LogP) is 4.42. The molecule has 0 heterocycles. The molecule has 0 aliphatic rings. The van der Waals surface area contributed by atoms with Crippen LogP contribution in [-0.2, 0) is 5.33 Å². The molecule has 98 valence electrons. The Balaban J connectivity index is 2.29. The van der Waals surface area contributed by atoms with Crippen LogP contribution in [-0.4, -0.2) is 4.92 Å². The molecule has 0 fully saturated rings. The Bertz CT molecular complexity index is 601. The summed E-state index contributed by atoms with van der Waals surface area (Å²) in [7, 11) is 0. The van der Waals surface area contributed by atoms with Crippen molar-refractivity contribution >= 4 is 21.6 Å². The minimum absolute atomic E-state index is 0.0120. The lowest BCUT2D eigenvalue weighted by Crippen LogP contribution is -1.94. The zero-order chi connectivity index (χ0) is 13.8. The maximum Gasteiger partial charge on any atom is 0.314 e. The van der Waals surface area contributed by atoms with Gasteiger partial charge in [-0.05, 0) is 29.8 Å². The van der Waals surface area contributed by atoms with Crippen LogP contribution in [0.5, 0.6) is 11.5 Å². The van der Waals surface area contributed by atoms with E-state index in [0.717, 1.165) is 17.7 Å². The van der Waals surface area contributed by atoms with Gasteiger partial charge in [0, 0.05) is 5.33 Å². The number of halogens is 2. The lowest BCUT2D eigenvalue weighted by molar-refractivity contribution is -0.385. The highest BCUT2D eigenvalue weighted by Crippen LogP contribution is 2.31. The molecule has 0 bridgehead atoms. The highest BCUT2D eigenvalue weighted by Gasteiger charge is 2.16. The Morgan fingerprint density at radius 2 is 1.89 bits per heavy atom. The van der Waals surface area contributed by atoms with Gasteiger partial charge in [-0.3, -0.25) is 10.1 Å². The standard InChI is InChI=1S/C13H9BrFNO3/c14-8-9-1-4-11(5-2-9)19-13-6-3-10(15)7-12(13)16(17)18/h1-7H,8H2. The quantitative estimate of drug-likeness (QED) is 0.475. The molecule has 0 N–H and O–H groups in total. The summed E-state index contributed by atoms with van der Waals surface area (Å²) in [4.78, 5) is 10.1. The van der Waals surface area contributed by atoms with Crippen molar-refractivity contribution in [1.82, 2.24) is 0 Å². The smallest absolute Gasteiger partial charge is 0.314 e. The van der Waals surface area contributed by atoms with Crippen LogP contribution in [0.15, 0.2) is 42.5 Å². The Labute approximate surface area is 117 Å². The number of nitro benzene ring substituents is 1. The molecule has 4 nitrogen and oxygen atoms in total. The monoisotopic (exact) mass is 325 g/mol. The van der Waals surface area contributed by atoms with E-state index in [9.17, 15) is 14.5 Å². The normalized spacial score (nSPS) is 10.2. The van der Waals surface area contributed by atoms with E-state index in [1.165, 1.54) is 6.07 Å². The van der Waals surface area contributed by atoms with E-state index < -0.39 is 16.4 Å². The van der Waals surface area contributed by atoms with Gasteiger partial charge < -0.3 is 4.74 Å². The minimum Gasteiger partial charge on any atom is -0.450 e. The van der Waals surface area contributed by atoms with E-state index in [1.807, 2.05) is 12.1 Å². The molecule has 19 heavy (non-hydrogen) atoms. The van der Waals surface area contributed by atoms with Crippen molar-refractivity contribution in [3.63, 3.8) is 0 Å². The number of ether oxygens (including phenoxy) is 1. The Kier molecular flexibility index (Phi) is 4.11. The Hall–Kier alpha value is -1.95. The molecule has 2 aromatic rings. The molecule has 2 rings (SSSR count). The molecule has 0 atom stereocenters. The molecule has 0 aromatic heterocycles. The third kappa shape index (κ3) is 3.29. The Morgan fingerprint density at radius 3 is 2.47 bits per heavy atom. The fraction of sp³-hybridized carbons (Fsp3) is 0.0769. The molecule has 0 radical (unpaired) electrons. The number of hydrogen-bond acceptors (Lipinski definition) is 3. The van der Waals surface area contributed by atoms with Gasteiger partial charge in [-0.15, -0.1) is 0 Å². The van der Waals surface area contributed by atoms with Crippen LogP contribution in [0.25, 0.3) is 0 Å². The van der Waals surface area contributed by atoms with Crippen molar-refractivity contribution < 1.29 is 14.1 Å². The van der Waals surface area contributed by atoms with Crippen LogP contribution in [0.2, 0.25) is 0 Å². The third-order valence-electron chi connectivity index (χ3n) is 2.42. The number of rotatable bonds is 4. The van der Waals surface area contributed by atoms with Crippen molar-refractivity contribution in [2.45, 2.75) is 5.33 Å². The SMILES string of the molecule is O=[N+]([O-])c1cc(F)ccc1Oc1ccc(CBr)cc1. The number of benzene rings is 2. The van der Waals surface area contributed by atoms with Gasteiger partial charge in [0.25, 0.3) is 0 Å². The fourth-order valence-electron chi connectivity index (χ4n) is 1.49. The zero-order valence-electron chi connectivity index (χ0n) is 9.68. The van der Waals surface area contributed by atoms with E-state index in [-0.39, 0.29) is 5.75 Å². The van der Waals surface area contributed by atoms with E-state index in [0.29, 0.717) is 11.1 Å². The molecule has 0 spiro atoms. The summed E-state index contributed by atoms with van der Waals surface area (Å²) in [6.45, 7) is 0. The average Bonchev–Trinajstić information content (AvgIpc) is 2.41. The minimum atomic E-state index is -0.675. The second-order valence-electron chi connectivity index (χ2n) is 3.75. The first-order valence-corrected chi connectivity index (χ1v) is 6.49. The summed E-state index contributed by atoms with van der Waals surface area (Å²) in [5, 5.41) is 11.5. The second kappa shape index (κ2) is 5.79. The van der Waals surface area contributed by atoms with Gasteiger partial charge in [0.05, 0.1) is 11.0 Å². The van der Waals surface area contributed by atoms with E-state index >= 15 is 0 Å². The highest BCUT2D eigenvalue weighted by molar-refractivity contribution is 9.08. The van der Waals surface area contributed by atoms with Gasteiger partial charge >= 0.3 is 5.69 Å². The number of nitro groups is 1. The van der Waals surface area contributed by atoms with Crippen molar-refractivity contribution in [3.8, 4) is 11.5 Å². The molecule has 0 amide bonds. The summed E-state index contributed by atoms with van der Waals surface area (Å²) in [6, 6.07) is 10.3. The predicted molar refractivity (Wildman–Crippen MR) is 72.2 cm³/mol. The number of alkyl halides is 1. The van der Waals surface area contributed by atoms with Gasteiger partial charge in [0.1, 0.15) is 11.6 Å². The van der Waals surface area contributed by atoms with Crippen molar-refractivity contribution in [1.29, 1.82) is 0 Å². The number of nitrogens with zero attached hydrogens (tertiary/aromatic N) is 1. The molecule has 0 saturated carbocycles. The lowest BCUT2D eigenvalue weighted by Gasteiger charge is -2.06. The second-order valence-corrected chi connectivity index (χ2v) is 4.31. The van der Waals surface area contributed by atoms with Gasteiger partial charge in [0.15, 0.2) is 0 Å². The van der Waals surface area contributed by atoms with Gasteiger partial charge in [-0.2, -0.15) is 0 Å². The molecule has 6 heteroatoms. The number of hydrogen-bond donors (Lipinski definition) is 0. The summed E-state index contributed by atoms with van der Waals surface area (Å²) in [5.74, 6) is -0.203. The van der Waals surface area contributed by atoms with Crippen molar-refractivity contribution in [3.05, 3.63) is 64.0 Å². The first-order chi connectivity index (χ1) is 9.10. The molecular formula is C13H9BrFNO3. The molecular weight excluding hydrogens is 317 g/mol.